The second-order valence-electron chi connectivity index (χ2n) is 6.87. The Morgan fingerprint density at radius 3 is 2.37 bits per heavy atom. The zero-order chi connectivity index (χ0) is 21.3. The van der Waals surface area contributed by atoms with Crippen molar-refractivity contribution < 1.29 is 17.2 Å². The highest BCUT2D eigenvalue weighted by Gasteiger charge is 2.33. The van der Waals surface area contributed by atoms with E-state index in [0.29, 0.717) is 19.5 Å². The van der Waals surface area contributed by atoms with Crippen LogP contribution in [0, 0.1) is 11.6 Å². The minimum Gasteiger partial charge on any atom is -0.345 e. The van der Waals surface area contributed by atoms with E-state index in [1.165, 1.54) is 11.3 Å². The Morgan fingerprint density at radius 1 is 1.03 bits per heavy atom. The smallest absolute Gasteiger partial charge is 0.249 e. The minimum absolute atomic E-state index is 0.136. The van der Waals surface area contributed by atoms with E-state index in [-0.39, 0.29) is 13.1 Å². The Morgan fingerprint density at radius 2 is 1.70 bits per heavy atom. The monoisotopic (exact) mass is 513 g/mol. The standard InChI is InChI=1S/C20H18BrF2N3O2S2/c21-15-4-1-3-14(11-15)12-16-13-29-20(24-16)25-7-9-26(10-8-25)30(27,28)19-17(22)5-2-6-18(19)23/h1-6,11,13H,7-10,12H2. The summed E-state index contributed by atoms with van der Waals surface area (Å²) in [6.45, 7) is 1.07. The molecule has 1 fully saturated rings. The molecule has 0 bridgehead atoms. The van der Waals surface area contributed by atoms with Gasteiger partial charge in [-0.05, 0) is 29.8 Å². The highest BCUT2D eigenvalue weighted by molar-refractivity contribution is 9.10. The number of hydrogen-bond acceptors (Lipinski definition) is 5. The Bertz CT molecular complexity index is 1140. The zero-order valence-electron chi connectivity index (χ0n) is 15.8. The first-order chi connectivity index (χ1) is 14.3. The first-order valence-electron chi connectivity index (χ1n) is 9.22. The lowest BCUT2D eigenvalue weighted by molar-refractivity contribution is 0.378. The molecule has 1 aliphatic heterocycles. The molecule has 158 valence electrons. The van der Waals surface area contributed by atoms with Crippen molar-refractivity contribution in [2.75, 3.05) is 31.1 Å². The molecule has 0 saturated carbocycles. The van der Waals surface area contributed by atoms with E-state index >= 15 is 0 Å². The number of rotatable bonds is 5. The van der Waals surface area contributed by atoms with Crippen molar-refractivity contribution in [3.63, 3.8) is 0 Å². The number of nitrogens with zero attached hydrogens (tertiary/aromatic N) is 3. The van der Waals surface area contributed by atoms with E-state index in [2.05, 4.69) is 20.9 Å². The topological polar surface area (TPSA) is 53.5 Å². The maximum absolute atomic E-state index is 14.0. The fraction of sp³-hybridized carbons (Fsp3) is 0.250. The molecule has 4 rings (SSSR count). The summed E-state index contributed by atoms with van der Waals surface area (Å²) in [6.07, 6.45) is 0.705. The molecule has 5 nitrogen and oxygen atoms in total. The van der Waals surface area contributed by atoms with E-state index in [1.54, 1.807) is 0 Å². The lowest BCUT2D eigenvalue weighted by Crippen LogP contribution is -2.49. The maximum atomic E-state index is 14.0. The first-order valence-corrected chi connectivity index (χ1v) is 12.3. The Hall–Kier alpha value is -1.88. The number of sulfonamides is 1. The summed E-state index contributed by atoms with van der Waals surface area (Å²) < 4.78 is 55.5. The molecular weight excluding hydrogens is 496 g/mol. The van der Waals surface area contributed by atoms with Gasteiger partial charge in [-0.25, -0.2) is 22.2 Å². The lowest BCUT2D eigenvalue weighted by atomic mass is 10.1. The molecule has 1 aliphatic rings. The van der Waals surface area contributed by atoms with Crippen LogP contribution in [0.2, 0.25) is 0 Å². The van der Waals surface area contributed by atoms with Gasteiger partial charge in [0.05, 0.1) is 5.69 Å². The van der Waals surface area contributed by atoms with Gasteiger partial charge in [0.15, 0.2) is 10.0 Å². The predicted octanol–water partition coefficient (Wildman–Crippen LogP) is 4.29. The fourth-order valence-electron chi connectivity index (χ4n) is 3.36. The fourth-order valence-corrected chi connectivity index (χ4v) is 6.21. The van der Waals surface area contributed by atoms with Crippen LogP contribution in [-0.4, -0.2) is 43.9 Å². The molecule has 3 aromatic rings. The van der Waals surface area contributed by atoms with Gasteiger partial charge in [0.25, 0.3) is 0 Å². The average Bonchev–Trinajstić information content (AvgIpc) is 3.16. The zero-order valence-corrected chi connectivity index (χ0v) is 19.0. The van der Waals surface area contributed by atoms with Crippen molar-refractivity contribution in [3.8, 4) is 0 Å². The SMILES string of the molecule is O=S(=O)(c1c(F)cccc1F)N1CCN(c2nc(Cc3cccc(Br)c3)cs2)CC1. The van der Waals surface area contributed by atoms with Crippen LogP contribution in [0.1, 0.15) is 11.3 Å². The van der Waals surface area contributed by atoms with Crippen LogP contribution < -0.4 is 4.90 Å². The number of hydrogen-bond donors (Lipinski definition) is 0. The van der Waals surface area contributed by atoms with Gasteiger partial charge in [-0.2, -0.15) is 4.31 Å². The van der Waals surface area contributed by atoms with Gasteiger partial charge in [0, 0.05) is 42.5 Å². The molecular formula is C20H18BrF2N3O2S2. The minimum atomic E-state index is -4.23. The van der Waals surface area contributed by atoms with Crippen LogP contribution in [-0.2, 0) is 16.4 Å². The number of piperazine rings is 1. The molecule has 0 atom stereocenters. The van der Waals surface area contributed by atoms with Crippen molar-refractivity contribution in [1.82, 2.24) is 9.29 Å². The molecule has 2 heterocycles. The summed E-state index contributed by atoms with van der Waals surface area (Å²) in [5.74, 6) is -2.15. The van der Waals surface area contributed by atoms with Crippen molar-refractivity contribution in [2.45, 2.75) is 11.3 Å². The largest absolute Gasteiger partial charge is 0.345 e. The van der Waals surface area contributed by atoms with Gasteiger partial charge < -0.3 is 4.90 Å². The van der Waals surface area contributed by atoms with Gasteiger partial charge in [-0.15, -0.1) is 11.3 Å². The van der Waals surface area contributed by atoms with Crippen LogP contribution in [0.15, 0.2) is 57.2 Å². The molecule has 0 radical (unpaired) electrons. The lowest BCUT2D eigenvalue weighted by Gasteiger charge is -2.33. The molecule has 0 spiro atoms. The molecule has 30 heavy (non-hydrogen) atoms. The molecule has 0 unspecified atom stereocenters. The molecule has 0 N–H and O–H groups in total. The number of anilines is 1. The number of thiazole rings is 1. The molecule has 0 amide bonds. The average molecular weight is 514 g/mol. The van der Waals surface area contributed by atoms with Crippen LogP contribution in [0.4, 0.5) is 13.9 Å². The van der Waals surface area contributed by atoms with Gasteiger partial charge in [-0.3, -0.25) is 0 Å². The van der Waals surface area contributed by atoms with Gasteiger partial charge in [0.1, 0.15) is 11.6 Å². The predicted molar refractivity (Wildman–Crippen MR) is 116 cm³/mol. The first kappa shape index (κ1) is 21.4. The molecule has 1 saturated heterocycles. The third-order valence-corrected chi connectivity index (χ3v) is 8.23. The Balaban J connectivity index is 1.43. The van der Waals surface area contributed by atoms with Gasteiger partial charge >= 0.3 is 0 Å². The van der Waals surface area contributed by atoms with Crippen molar-refractivity contribution in [3.05, 3.63) is 75.2 Å². The van der Waals surface area contributed by atoms with Crippen molar-refractivity contribution in [2.24, 2.45) is 0 Å². The van der Waals surface area contributed by atoms with E-state index in [9.17, 15) is 17.2 Å². The van der Waals surface area contributed by atoms with E-state index < -0.39 is 26.6 Å². The van der Waals surface area contributed by atoms with Crippen molar-refractivity contribution in [1.29, 1.82) is 0 Å². The van der Waals surface area contributed by atoms with E-state index in [1.807, 2.05) is 34.5 Å². The molecule has 0 aliphatic carbocycles. The number of halogens is 3. The second-order valence-corrected chi connectivity index (χ2v) is 10.5. The van der Waals surface area contributed by atoms with Crippen LogP contribution in [0.25, 0.3) is 0 Å². The maximum Gasteiger partial charge on any atom is 0.249 e. The molecule has 2 aromatic carbocycles. The molecule has 1 aromatic heterocycles. The Kier molecular flexibility index (Phi) is 6.19. The summed E-state index contributed by atoms with van der Waals surface area (Å²) in [6, 6.07) is 11.1. The number of aromatic nitrogens is 1. The summed E-state index contributed by atoms with van der Waals surface area (Å²) in [7, 11) is -4.23. The van der Waals surface area contributed by atoms with Crippen LogP contribution in [0.5, 0.6) is 0 Å². The highest BCUT2D eigenvalue weighted by atomic mass is 79.9. The summed E-state index contributed by atoms with van der Waals surface area (Å²) in [5, 5.41) is 2.81. The Labute approximate surface area is 186 Å². The molecule has 10 heteroatoms. The summed E-state index contributed by atoms with van der Waals surface area (Å²) in [4.78, 5) is 5.79. The normalized spacial score (nSPS) is 15.5. The third kappa shape index (κ3) is 4.41. The van der Waals surface area contributed by atoms with Gasteiger partial charge in [-0.1, -0.05) is 34.1 Å². The van der Waals surface area contributed by atoms with Crippen LogP contribution in [0.3, 0.4) is 0 Å². The van der Waals surface area contributed by atoms with Crippen LogP contribution >= 0.6 is 27.3 Å². The van der Waals surface area contributed by atoms with Crippen molar-refractivity contribution >= 4 is 42.4 Å². The number of benzene rings is 2. The van der Waals surface area contributed by atoms with E-state index in [0.717, 1.165) is 43.4 Å². The van der Waals surface area contributed by atoms with Gasteiger partial charge in [0.2, 0.25) is 10.0 Å². The third-order valence-electron chi connectivity index (χ3n) is 4.84. The van der Waals surface area contributed by atoms with E-state index in [4.69, 9.17) is 0 Å². The second kappa shape index (κ2) is 8.70. The quantitative estimate of drug-likeness (QED) is 0.510. The highest BCUT2D eigenvalue weighted by Crippen LogP contribution is 2.27. The summed E-state index contributed by atoms with van der Waals surface area (Å²) >= 11 is 4.97. The summed E-state index contributed by atoms with van der Waals surface area (Å²) in [5.41, 5.74) is 2.08.